The van der Waals surface area contributed by atoms with Gasteiger partial charge in [-0.1, -0.05) is 60.7 Å². The van der Waals surface area contributed by atoms with Crippen LogP contribution in [0.2, 0.25) is 0 Å². The van der Waals surface area contributed by atoms with Gasteiger partial charge in [0.15, 0.2) is 0 Å². The molecule has 2 atom stereocenters. The average Bonchev–Trinajstić information content (AvgIpc) is 2.54. The smallest absolute Gasteiger partial charge is 0.262 e. The molecule has 22 heavy (non-hydrogen) atoms. The summed E-state index contributed by atoms with van der Waals surface area (Å²) >= 11 is 12.3. The van der Waals surface area contributed by atoms with Crippen LogP contribution in [0.25, 0.3) is 0 Å². The second kappa shape index (κ2) is 5.90. The zero-order valence-corrected chi connectivity index (χ0v) is 12.6. The molecule has 0 fully saturated rings. The van der Waals surface area contributed by atoms with Gasteiger partial charge < -0.3 is 0 Å². The molecule has 0 saturated carbocycles. The van der Waals surface area contributed by atoms with E-state index in [4.69, 9.17) is 23.2 Å². The lowest BCUT2D eigenvalue weighted by molar-refractivity contribution is -0.660. The maximum absolute atomic E-state index is 11.6. The molecule has 0 aliphatic carbocycles. The van der Waals surface area contributed by atoms with Crippen LogP contribution < -0.4 is 0 Å². The second-order valence-electron chi connectivity index (χ2n) is 4.49. The molecule has 0 N–H and O–H groups in total. The van der Waals surface area contributed by atoms with Crippen LogP contribution in [0.5, 0.6) is 0 Å². The Morgan fingerprint density at radius 1 is 0.682 bits per heavy atom. The number of hydrogen-bond donors (Lipinski definition) is 0. The van der Waals surface area contributed by atoms with E-state index in [0.717, 1.165) is 0 Å². The predicted octanol–water partition coefficient (Wildman–Crippen LogP) is 3.72. The molecule has 0 spiro atoms. The molecule has 2 unspecified atom stereocenters. The number of hydrogen-bond acceptors (Lipinski definition) is 4. The van der Waals surface area contributed by atoms with Crippen LogP contribution in [0, 0.1) is 20.2 Å². The first-order valence-corrected chi connectivity index (χ1v) is 6.88. The van der Waals surface area contributed by atoms with Crippen LogP contribution in [0.1, 0.15) is 11.1 Å². The van der Waals surface area contributed by atoms with Crippen molar-refractivity contribution in [2.24, 2.45) is 0 Å². The molecule has 0 radical (unpaired) electrons. The lowest BCUT2D eigenvalue weighted by Crippen LogP contribution is -2.52. The number of benzene rings is 2. The maximum atomic E-state index is 11.6. The van der Waals surface area contributed by atoms with Crippen LogP contribution in [-0.2, 0) is 10.00 Å². The summed E-state index contributed by atoms with van der Waals surface area (Å²) in [6.07, 6.45) is 0. The van der Waals surface area contributed by atoms with Gasteiger partial charge in [-0.25, -0.2) is 0 Å². The van der Waals surface area contributed by atoms with Crippen molar-refractivity contribution in [3.8, 4) is 0 Å². The lowest BCUT2D eigenvalue weighted by atomic mass is 9.92. The number of nitrogens with zero attached hydrogens (tertiary/aromatic N) is 2. The van der Waals surface area contributed by atoms with E-state index in [2.05, 4.69) is 0 Å². The Balaban J connectivity index is 2.78. The van der Waals surface area contributed by atoms with E-state index >= 15 is 0 Å². The highest BCUT2D eigenvalue weighted by molar-refractivity contribution is 6.33. The Kier molecular flexibility index (Phi) is 4.35. The maximum Gasteiger partial charge on any atom is 0.408 e. The van der Waals surface area contributed by atoms with Gasteiger partial charge in [-0.15, -0.1) is 0 Å². The van der Waals surface area contributed by atoms with Gasteiger partial charge in [0.2, 0.25) is 0 Å². The van der Waals surface area contributed by atoms with Gasteiger partial charge in [-0.3, -0.25) is 20.2 Å². The van der Waals surface area contributed by atoms with Gasteiger partial charge in [0.1, 0.15) is 0 Å². The summed E-state index contributed by atoms with van der Waals surface area (Å²) in [5.74, 6) is 0. The SMILES string of the molecule is O=[N+]([O-])C(Cl)(c1ccccc1)C(Cl)(c1ccccc1)[N+](=O)[O-]. The molecule has 6 nitrogen and oxygen atoms in total. The number of halogens is 2. The van der Waals surface area contributed by atoms with Crippen molar-refractivity contribution in [3.63, 3.8) is 0 Å². The minimum Gasteiger partial charge on any atom is -0.262 e. The number of rotatable bonds is 5. The fourth-order valence-corrected chi connectivity index (χ4v) is 2.76. The third-order valence-corrected chi connectivity index (χ3v) is 4.61. The topological polar surface area (TPSA) is 86.3 Å². The summed E-state index contributed by atoms with van der Waals surface area (Å²) in [5.41, 5.74) is -0.144. The van der Waals surface area contributed by atoms with Crippen molar-refractivity contribution in [2.45, 2.75) is 10.00 Å². The molecule has 0 heterocycles. The monoisotopic (exact) mass is 340 g/mol. The molecule has 8 heteroatoms. The highest BCUT2D eigenvalue weighted by atomic mass is 35.5. The molecular weight excluding hydrogens is 331 g/mol. The Morgan fingerprint density at radius 3 is 1.18 bits per heavy atom. The third kappa shape index (κ3) is 2.30. The van der Waals surface area contributed by atoms with Crippen LogP contribution in [0.4, 0.5) is 0 Å². The third-order valence-electron chi connectivity index (χ3n) is 3.25. The van der Waals surface area contributed by atoms with E-state index in [-0.39, 0.29) is 11.1 Å². The van der Waals surface area contributed by atoms with Crippen molar-refractivity contribution < 1.29 is 9.85 Å². The van der Waals surface area contributed by atoms with Crippen LogP contribution >= 0.6 is 23.2 Å². The largest absolute Gasteiger partial charge is 0.408 e. The molecule has 0 aliphatic rings. The second-order valence-corrected chi connectivity index (χ2v) is 5.58. The molecule has 2 aromatic carbocycles. The van der Waals surface area contributed by atoms with Gasteiger partial charge >= 0.3 is 10.00 Å². The first-order chi connectivity index (χ1) is 10.3. The molecule has 2 rings (SSSR count). The highest BCUT2D eigenvalue weighted by Gasteiger charge is 2.72. The van der Waals surface area contributed by atoms with Gasteiger partial charge in [-0.05, 0) is 23.2 Å². The normalized spacial score (nSPS) is 16.3. The fourth-order valence-electron chi connectivity index (χ4n) is 2.15. The van der Waals surface area contributed by atoms with Gasteiger partial charge in [0.05, 0.1) is 21.0 Å². The van der Waals surface area contributed by atoms with Crippen molar-refractivity contribution in [3.05, 3.63) is 92.0 Å². The summed E-state index contributed by atoms with van der Waals surface area (Å²) in [4.78, 5) is 16.1. The zero-order chi connectivity index (χ0) is 16.4. The van der Waals surface area contributed by atoms with Crippen molar-refractivity contribution in [1.82, 2.24) is 0 Å². The minimum absolute atomic E-state index is 0.0720. The first-order valence-electron chi connectivity index (χ1n) is 6.13. The van der Waals surface area contributed by atoms with Crippen LogP contribution in [-0.4, -0.2) is 9.85 Å². The molecule has 0 aromatic heterocycles. The fraction of sp³-hybridized carbons (Fsp3) is 0.143. The molecule has 0 amide bonds. The van der Waals surface area contributed by atoms with Crippen molar-refractivity contribution in [1.29, 1.82) is 0 Å². The Labute approximate surface area is 135 Å². The molecule has 0 bridgehead atoms. The summed E-state index contributed by atoms with van der Waals surface area (Å²) in [6.45, 7) is 0. The van der Waals surface area contributed by atoms with E-state index in [1.807, 2.05) is 0 Å². The molecule has 114 valence electrons. The molecule has 0 aliphatic heterocycles. The van der Waals surface area contributed by atoms with Crippen LogP contribution in [0.3, 0.4) is 0 Å². The van der Waals surface area contributed by atoms with E-state index in [0.29, 0.717) is 0 Å². The van der Waals surface area contributed by atoms with Gasteiger partial charge in [0.25, 0.3) is 0 Å². The van der Waals surface area contributed by atoms with E-state index in [9.17, 15) is 20.2 Å². The Hall–Kier alpha value is -2.18. The van der Waals surface area contributed by atoms with Gasteiger partial charge in [0, 0.05) is 0 Å². The summed E-state index contributed by atoms with van der Waals surface area (Å²) < 4.78 is 0. The summed E-state index contributed by atoms with van der Waals surface area (Å²) in [7, 11) is 0. The first kappa shape index (κ1) is 16.2. The summed E-state index contributed by atoms with van der Waals surface area (Å²) in [6, 6.07) is 14.6. The molecule has 0 saturated heterocycles. The Bertz CT molecular complexity index is 637. The van der Waals surface area contributed by atoms with Crippen molar-refractivity contribution in [2.75, 3.05) is 0 Å². The molecular formula is C14H10Cl2N2O4. The number of alkyl halides is 2. The lowest BCUT2D eigenvalue weighted by Gasteiger charge is -2.28. The minimum atomic E-state index is -2.67. The predicted molar refractivity (Wildman–Crippen MR) is 81.9 cm³/mol. The summed E-state index contributed by atoms with van der Waals surface area (Å²) in [5, 5.41) is 23.3. The van der Waals surface area contributed by atoms with E-state index in [1.54, 1.807) is 12.1 Å². The molecule has 2 aromatic rings. The average molecular weight is 341 g/mol. The standard InChI is InChI=1S/C14H10Cl2N2O4/c15-13(17(19)20,11-7-3-1-4-8-11)14(16,18(21)22)12-9-5-2-6-10-12/h1-10H. The quantitative estimate of drug-likeness (QED) is 0.359. The van der Waals surface area contributed by atoms with E-state index < -0.39 is 19.8 Å². The number of nitro groups is 2. The highest BCUT2D eigenvalue weighted by Crippen LogP contribution is 2.51. The van der Waals surface area contributed by atoms with Crippen molar-refractivity contribution >= 4 is 23.2 Å². The Morgan fingerprint density at radius 2 is 0.955 bits per heavy atom. The van der Waals surface area contributed by atoms with E-state index in [1.165, 1.54) is 48.5 Å². The van der Waals surface area contributed by atoms with Gasteiger partial charge in [-0.2, -0.15) is 0 Å². The van der Waals surface area contributed by atoms with Crippen LogP contribution in [0.15, 0.2) is 60.7 Å². The zero-order valence-electron chi connectivity index (χ0n) is 11.1.